The third-order valence-electron chi connectivity index (χ3n) is 4.46. The van der Waals surface area contributed by atoms with Crippen LogP contribution >= 0.6 is 15.9 Å². The van der Waals surface area contributed by atoms with Crippen LogP contribution in [-0.2, 0) is 0 Å². The van der Waals surface area contributed by atoms with Crippen LogP contribution in [0.25, 0.3) is 11.3 Å². The Hall–Kier alpha value is -2.75. The summed E-state index contributed by atoms with van der Waals surface area (Å²) in [5.41, 5.74) is -0.200. The van der Waals surface area contributed by atoms with Crippen molar-refractivity contribution in [1.29, 1.82) is 0 Å². The van der Waals surface area contributed by atoms with Gasteiger partial charge in [0.25, 0.3) is 6.43 Å². The van der Waals surface area contributed by atoms with E-state index in [0.29, 0.717) is 22.2 Å². The Morgan fingerprint density at radius 3 is 2.09 bits per heavy atom. The van der Waals surface area contributed by atoms with Gasteiger partial charge in [-0.3, -0.25) is 0 Å². The normalized spacial score (nSPS) is 14.1. The molecule has 0 amide bonds. The number of nitrogens with zero attached hydrogens (tertiary/aromatic N) is 1. The second-order valence-corrected chi connectivity index (χ2v) is 7.59. The van der Waals surface area contributed by atoms with Crippen LogP contribution in [0, 0.1) is 11.6 Å². The molecule has 0 radical (unpaired) electrons. The molecule has 0 saturated carbocycles. The lowest BCUT2D eigenvalue weighted by atomic mass is 9.94. The van der Waals surface area contributed by atoms with Gasteiger partial charge in [0, 0.05) is 27.9 Å². The number of hydrogen-bond acceptors (Lipinski definition) is 2. The van der Waals surface area contributed by atoms with Crippen molar-refractivity contribution in [2.45, 2.75) is 26.4 Å². The molecule has 1 aliphatic heterocycles. The Morgan fingerprint density at radius 2 is 1.59 bits per heavy atom. The van der Waals surface area contributed by atoms with Crippen LogP contribution in [-0.4, -0.2) is 30.7 Å². The van der Waals surface area contributed by atoms with Gasteiger partial charge >= 0.3 is 6.18 Å². The number of allylic oxidation sites excluding steroid dienone is 3. The highest BCUT2D eigenvalue weighted by Crippen LogP contribution is 2.43. The van der Waals surface area contributed by atoms with E-state index in [-0.39, 0.29) is 17.0 Å². The smallest absolute Gasteiger partial charge is 0.422 e. The summed E-state index contributed by atoms with van der Waals surface area (Å²) < 4.78 is 98.7. The largest absolute Gasteiger partial charge is 0.484 e. The van der Waals surface area contributed by atoms with Crippen molar-refractivity contribution in [3.8, 4) is 5.75 Å². The van der Waals surface area contributed by atoms with Crippen LogP contribution < -0.4 is 4.74 Å². The van der Waals surface area contributed by atoms with Gasteiger partial charge in [0.15, 0.2) is 6.61 Å². The van der Waals surface area contributed by atoms with E-state index in [4.69, 9.17) is 0 Å². The van der Waals surface area contributed by atoms with Gasteiger partial charge in [-0.1, -0.05) is 50.8 Å². The summed E-state index contributed by atoms with van der Waals surface area (Å²) in [7, 11) is 0. The molecule has 2 aromatic carbocycles. The first-order valence-corrected chi connectivity index (χ1v) is 10.9. The molecule has 0 saturated heterocycles. The SMILES string of the molecule is C=C1C(Br)=CC(c2ccccc2)=C(c2c(F)cc(OCC(F)(F)F)cc2F)N1CC(F)F.CC. The van der Waals surface area contributed by atoms with Crippen molar-refractivity contribution >= 4 is 27.2 Å². The van der Waals surface area contributed by atoms with E-state index in [0.717, 1.165) is 4.90 Å². The van der Waals surface area contributed by atoms with Gasteiger partial charge in [0.05, 0.1) is 17.8 Å². The van der Waals surface area contributed by atoms with Crippen LogP contribution in [0.3, 0.4) is 0 Å². The maximum absolute atomic E-state index is 15.0. The monoisotopic (exact) mass is 551 g/mol. The minimum atomic E-state index is -4.71. The number of ether oxygens (including phenoxy) is 1. The van der Waals surface area contributed by atoms with E-state index in [2.05, 4.69) is 27.2 Å². The molecular formula is C24H21BrF7NO. The number of hydrogen-bond donors (Lipinski definition) is 0. The summed E-state index contributed by atoms with van der Waals surface area (Å²) in [5.74, 6) is -3.23. The summed E-state index contributed by atoms with van der Waals surface area (Å²) in [5, 5.41) is 0. The average Bonchev–Trinajstić information content (AvgIpc) is 2.77. The second kappa shape index (κ2) is 11.6. The van der Waals surface area contributed by atoms with Gasteiger partial charge in [0.1, 0.15) is 17.4 Å². The topological polar surface area (TPSA) is 12.5 Å². The Bertz CT molecular complexity index is 1060. The van der Waals surface area contributed by atoms with E-state index in [1.807, 2.05) is 13.8 Å². The van der Waals surface area contributed by atoms with Gasteiger partial charge in [-0.2, -0.15) is 13.2 Å². The molecule has 10 heteroatoms. The van der Waals surface area contributed by atoms with Crippen molar-refractivity contribution in [1.82, 2.24) is 4.90 Å². The number of rotatable bonds is 6. The first-order chi connectivity index (χ1) is 16.0. The van der Waals surface area contributed by atoms with Crippen molar-refractivity contribution in [2.24, 2.45) is 0 Å². The molecule has 1 aliphatic rings. The van der Waals surface area contributed by atoms with Gasteiger partial charge in [-0.25, -0.2) is 17.6 Å². The molecule has 0 aliphatic carbocycles. The average molecular weight is 552 g/mol. The number of halogens is 8. The minimum absolute atomic E-state index is 0.0381. The van der Waals surface area contributed by atoms with Crippen LogP contribution in [0.5, 0.6) is 5.75 Å². The molecule has 0 bridgehead atoms. The third-order valence-corrected chi connectivity index (χ3v) is 5.14. The highest BCUT2D eigenvalue weighted by Gasteiger charge is 2.32. The van der Waals surface area contributed by atoms with Gasteiger partial charge in [-0.15, -0.1) is 0 Å². The van der Waals surface area contributed by atoms with E-state index < -0.39 is 48.7 Å². The fraction of sp³-hybridized carbons (Fsp3) is 0.250. The molecule has 0 atom stereocenters. The summed E-state index contributed by atoms with van der Waals surface area (Å²) >= 11 is 3.24. The Labute approximate surface area is 201 Å². The third kappa shape index (κ3) is 6.65. The number of alkyl halides is 5. The van der Waals surface area contributed by atoms with Crippen LogP contribution in [0.1, 0.15) is 25.0 Å². The summed E-state index contributed by atoms with van der Waals surface area (Å²) in [6.07, 6.45) is -6.10. The van der Waals surface area contributed by atoms with Gasteiger partial charge < -0.3 is 9.64 Å². The predicted octanol–water partition coefficient (Wildman–Crippen LogP) is 8.17. The quantitative estimate of drug-likeness (QED) is 0.336. The zero-order chi connectivity index (χ0) is 25.6. The minimum Gasteiger partial charge on any atom is -0.484 e. The molecule has 34 heavy (non-hydrogen) atoms. The van der Waals surface area contributed by atoms with E-state index in [9.17, 15) is 22.0 Å². The molecule has 0 aromatic heterocycles. The Balaban J connectivity index is 0.00000199. The standard InChI is InChI=1S/C22H15BrF7NO.C2H6/c1-12-16(23)9-15(13-5-3-2-4-6-13)21(31(12)10-19(26)27)20-17(24)7-14(8-18(20)25)32-11-22(28,29)30;1-2/h2-9,19H,1,10-11H2;1-2H3. The number of benzene rings is 2. The molecule has 0 spiro atoms. The summed E-state index contributed by atoms with van der Waals surface area (Å²) in [4.78, 5) is 0.967. The molecule has 1 heterocycles. The predicted molar refractivity (Wildman–Crippen MR) is 121 cm³/mol. The summed E-state index contributed by atoms with van der Waals surface area (Å²) in [6, 6.07) is 9.42. The molecule has 0 N–H and O–H groups in total. The molecular weight excluding hydrogens is 531 g/mol. The van der Waals surface area contributed by atoms with E-state index in [1.54, 1.807) is 30.3 Å². The first kappa shape index (κ1) is 27.5. The van der Waals surface area contributed by atoms with Crippen molar-refractivity contribution < 1.29 is 35.5 Å². The highest BCUT2D eigenvalue weighted by atomic mass is 79.9. The second-order valence-electron chi connectivity index (χ2n) is 6.73. The lowest BCUT2D eigenvalue weighted by Gasteiger charge is -2.34. The van der Waals surface area contributed by atoms with Crippen molar-refractivity contribution in [3.05, 3.63) is 88.1 Å². The first-order valence-electron chi connectivity index (χ1n) is 10.1. The lowest BCUT2D eigenvalue weighted by molar-refractivity contribution is -0.153. The van der Waals surface area contributed by atoms with Gasteiger partial charge in [-0.05, 0) is 27.6 Å². The molecule has 2 aromatic rings. The zero-order valence-electron chi connectivity index (χ0n) is 18.2. The highest BCUT2D eigenvalue weighted by molar-refractivity contribution is 9.12. The van der Waals surface area contributed by atoms with Crippen LogP contribution in [0.4, 0.5) is 30.7 Å². The Morgan fingerprint density at radius 1 is 1.03 bits per heavy atom. The summed E-state index contributed by atoms with van der Waals surface area (Å²) in [6.45, 7) is 5.05. The van der Waals surface area contributed by atoms with E-state index >= 15 is 8.78 Å². The van der Waals surface area contributed by atoms with Crippen LogP contribution in [0.2, 0.25) is 0 Å². The fourth-order valence-corrected chi connectivity index (χ4v) is 3.60. The molecule has 2 nitrogen and oxygen atoms in total. The van der Waals surface area contributed by atoms with Crippen molar-refractivity contribution in [2.75, 3.05) is 13.2 Å². The van der Waals surface area contributed by atoms with Gasteiger partial charge in [0.2, 0.25) is 0 Å². The maximum Gasteiger partial charge on any atom is 0.422 e. The molecule has 0 unspecified atom stereocenters. The molecule has 3 rings (SSSR count). The maximum atomic E-state index is 15.0. The molecule has 184 valence electrons. The fourth-order valence-electron chi connectivity index (χ4n) is 3.16. The Kier molecular flexibility index (Phi) is 9.37. The van der Waals surface area contributed by atoms with E-state index in [1.165, 1.54) is 6.08 Å². The molecule has 0 fully saturated rings. The zero-order valence-corrected chi connectivity index (χ0v) is 19.8. The van der Waals surface area contributed by atoms with Crippen LogP contribution in [0.15, 0.2) is 65.3 Å². The lowest BCUT2D eigenvalue weighted by Crippen LogP contribution is -2.30. The van der Waals surface area contributed by atoms with Crippen molar-refractivity contribution in [3.63, 3.8) is 0 Å².